The first-order valence-corrected chi connectivity index (χ1v) is 8.64. The molecule has 1 aromatic rings. The van der Waals surface area contributed by atoms with E-state index in [0.29, 0.717) is 11.3 Å². The van der Waals surface area contributed by atoms with Crippen molar-refractivity contribution >= 4 is 11.6 Å². The van der Waals surface area contributed by atoms with Crippen LogP contribution in [-0.4, -0.2) is 44.9 Å². The Morgan fingerprint density at radius 1 is 1.27 bits per heavy atom. The van der Waals surface area contributed by atoms with Crippen LogP contribution in [0.2, 0.25) is 5.02 Å². The zero-order valence-electron chi connectivity index (χ0n) is 13.4. The van der Waals surface area contributed by atoms with E-state index in [0.717, 1.165) is 44.5 Å². The molecule has 3 nitrogen and oxygen atoms in total. The van der Waals surface area contributed by atoms with Gasteiger partial charge in [-0.2, -0.15) is 0 Å². The van der Waals surface area contributed by atoms with Crippen LogP contribution in [0.3, 0.4) is 0 Å². The van der Waals surface area contributed by atoms with Gasteiger partial charge in [0.1, 0.15) is 0 Å². The van der Waals surface area contributed by atoms with Gasteiger partial charge in [-0.25, -0.2) is 0 Å². The van der Waals surface area contributed by atoms with Gasteiger partial charge in [0.2, 0.25) is 0 Å². The van der Waals surface area contributed by atoms with E-state index in [4.69, 9.17) is 21.1 Å². The summed E-state index contributed by atoms with van der Waals surface area (Å²) in [7, 11) is 1.80. The van der Waals surface area contributed by atoms with Crippen molar-refractivity contribution in [2.45, 2.75) is 25.8 Å². The average molecular weight is 324 g/mol. The van der Waals surface area contributed by atoms with Crippen LogP contribution in [0.4, 0.5) is 0 Å². The fraction of sp³-hybridized carbons (Fsp3) is 0.667. The normalized spacial score (nSPS) is 25.5. The quantitative estimate of drug-likeness (QED) is 0.845. The summed E-state index contributed by atoms with van der Waals surface area (Å²) in [6.07, 6.45) is 3.67. The fourth-order valence-corrected chi connectivity index (χ4v) is 4.19. The van der Waals surface area contributed by atoms with Crippen molar-refractivity contribution in [3.63, 3.8) is 0 Å². The Balaban J connectivity index is 1.60. The molecule has 0 saturated carbocycles. The third kappa shape index (κ3) is 3.48. The van der Waals surface area contributed by atoms with Crippen molar-refractivity contribution in [1.29, 1.82) is 0 Å². The minimum atomic E-state index is 0.422. The summed E-state index contributed by atoms with van der Waals surface area (Å²) < 4.78 is 11.1. The van der Waals surface area contributed by atoms with Crippen molar-refractivity contribution in [1.82, 2.24) is 4.90 Å². The molecular formula is C18H26ClNO2. The molecule has 2 aliphatic heterocycles. The van der Waals surface area contributed by atoms with Gasteiger partial charge in [0, 0.05) is 31.2 Å². The molecule has 2 heterocycles. The highest BCUT2D eigenvalue weighted by atomic mass is 35.5. The highest BCUT2D eigenvalue weighted by Gasteiger charge is 2.43. The number of hydrogen-bond acceptors (Lipinski definition) is 3. The van der Waals surface area contributed by atoms with Gasteiger partial charge in [-0.15, -0.1) is 0 Å². The predicted octanol–water partition coefficient (Wildman–Crippen LogP) is 3.61. The number of piperidine rings is 1. The van der Waals surface area contributed by atoms with E-state index in [9.17, 15) is 0 Å². The van der Waals surface area contributed by atoms with E-state index < -0.39 is 0 Å². The molecule has 2 saturated heterocycles. The van der Waals surface area contributed by atoms with E-state index >= 15 is 0 Å². The van der Waals surface area contributed by atoms with Gasteiger partial charge in [0.05, 0.1) is 13.2 Å². The summed E-state index contributed by atoms with van der Waals surface area (Å²) in [6, 6.07) is 8.18. The van der Waals surface area contributed by atoms with Crippen molar-refractivity contribution in [2.24, 2.45) is 11.3 Å². The summed E-state index contributed by atoms with van der Waals surface area (Å²) in [6.45, 7) is 5.84. The molecule has 3 rings (SSSR count). The highest BCUT2D eigenvalue weighted by Crippen LogP contribution is 2.45. The molecule has 2 fully saturated rings. The second kappa shape index (κ2) is 7.31. The zero-order valence-corrected chi connectivity index (χ0v) is 14.1. The van der Waals surface area contributed by atoms with Crippen LogP contribution >= 0.6 is 11.6 Å². The maximum Gasteiger partial charge on any atom is 0.0521 e. The van der Waals surface area contributed by atoms with Crippen molar-refractivity contribution in [3.05, 3.63) is 34.9 Å². The fourth-order valence-electron chi connectivity index (χ4n) is 3.99. The number of methoxy groups -OCH3 is 1. The van der Waals surface area contributed by atoms with E-state index in [1.165, 1.54) is 24.8 Å². The van der Waals surface area contributed by atoms with E-state index in [-0.39, 0.29) is 0 Å². The first-order chi connectivity index (χ1) is 10.7. The Kier molecular flexibility index (Phi) is 5.40. The number of likely N-dealkylation sites (tertiary alicyclic amines) is 1. The summed E-state index contributed by atoms with van der Waals surface area (Å²) in [5.41, 5.74) is 1.66. The van der Waals surface area contributed by atoms with Crippen molar-refractivity contribution in [3.8, 4) is 0 Å². The maximum absolute atomic E-state index is 6.29. The lowest BCUT2D eigenvalue weighted by Crippen LogP contribution is -2.49. The highest BCUT2D eigenvalue weighted by molar-refractivity contribution is 6.31. The van der Waals surface area contributed by atoms with Crippen LogP contribution in [0.1, 0.15) is 24.8 Å². The molecular weight excluding hydrogens is 298 g/mol. The standard InChI is InChI=1S/C18H26ClNO2/c1-21-13-16-14-22-11-8-18(16)6-9-20(10-7-18)12-15-4-2-3-5-17(15)19/h2-5,16H,6-14H2,1H3/t16-/m1/s1. The van der Waals surface area contributed by atoms with Gasteiger partial charge in [-0.1, -0.05) is 29.8 Å². The third-order valence-corrected chi connectivity index (χ3v) is 5.87. The van der Waals surface area contributed by atoms with E-state index in [1.54, 1.807) is 7.11 Å². The minimum Gasteiger partial charge on any atom is -0.384 e. The molecule has 22 heavy (non-hydrogen) atoms. The molecule has 0 N–H and O–H groups in total. The first kappa shape index (κ1) is 16.3. The van der Waals surface area contributed by atoms with Crippen LogP contribution in [0.25, 0.3) is 0 Å². The van der Waals surface area contributed by atoms with Gasteiger partial charge in [-0.3, -0.25) is 4.90 Å². The van der Waals surface area contributed by atoms with E-state index in [1.807, 2.05) is 12.1 Å². The number of hydrogen-bond donors (Lipinski definition) is 0. The third-order valence-electron chi connectivity index (χ3n) is 5.50. The Bertz CT molecular complexity index is 484. The SMILES string of the molecule is COC[C@@H]1COCCC12CCN(Cc1ccccc1Cl)CC2. The van der Waals surface area contributed by atoms with Crippen molar-refractivity contribution < 1.29 is 9.47 Å². The molecule has 0 aromatic heterocycles. The number of halogens is 1. The lowest BCUT2D eigenvalue weighted by atomic mass is 9.66. The topological polar surface area (TPSA) is 21.7 Å². The first-order valence-electron chi connectivity index (χ1n) is 8.26. The lowest BCUT2D eigenvalue weighted by molar-refractivity contribution is -0.0951. The maximum atomic E-state index is 6.29. The smallest absolute Gasteiger partial charge is 0.0521 e. The summed E-state index contributed by atoms with van der Waals surface area (Å²) in [5.74, 6) is 0.550. The van der Waals surface area contributed by atoms with Gasteiger partial charge in [0.25, 0.3) is 0 Å². The molecule has 1 aromatic carbocycles. The summed E-state index contributed by atoms with van der Waals surface area (Å²) in [4.78, 5) is 2.53. The van der Waals surface area contributed by atoms with Gasteiger partial charge in [-0.05, 0) is 49.4 Å². The molecule has 1 atom stereocenters. The van der Waals surface area contributed by atoms with Crippen LogP contribution < -0.4 is 0 Å². The number of ether oxygens (including phenoxy) is 2. The molecule has 0 radical (unpaired) electrons. The molecule has 0 unspecified atom stereocenters. The molecule has 4 heteroatoms. The van der Waals surface area contributed by atoms with Gasteiger partial charge >= 0.3 is 0 Å². The van der Waals surface area contributed by atoms with Gasteiger partial charge < -0.3 is 9.47 Å². The van der Waals surface area contributed by atoms with E-state index in [2.05, 4.69) is 17.0 Å². The second-order valence-corrected chi connectivity index (χ2v) is 7.11. The Morgan fingerprint density at radius 2 is 2.05 bits per heavy atom. The number of rotatable bonds is 4. The van der Waals surface area contributed by atoms with Gasteiger partial charge in [0.15, 0.2) is 0 Å². The summed E-state index contributed by atoms with van der Waals surface area (Å²) >= 11 is 6.29. The molecule has 0 bridgehead atoms. The monoisotopic (exact) mass is 323 g/mol. The Morgan fingerprint density at radius 3 is 2.77 bits per heavy atom. The zero-order chi connectivity index (χ0) is 15.4. The average Bonchev–Trinajstić information content (AvgIpc) is 2.54. The largest absolute Gasteiger partial charge is 0.384 e. The number of nitrogens with zero attached hydrogens (tertiary/aromatic N) is 1. The second-order valence-electron chi connectivity index (χ2n) is 6.71. The molecule has 2 aliphatic rings. The Hall–Kier alpha value is -0.610. The van der Waals surface area contributed by atoms with Crippen LogP contribution in [0.5, 0.6) is 0 Å². The minimum absolute atomic E-state index is 0.422. The molecule has 0 aliphatic carbocycles. The van der Waals surface area contributed by atoms with Crippen molar-refractivity contribution in [2.75, 3.05) is 40.0 Å². The molecule has 1 spiro atoms. The predicted molar refractivity (Wildman–Crippen MR) is 89.2 cm³/mol. The summed E-state index contributed by atoms with van der Waals surface area (Å²) in [5, 5.41) is 0.881. The number of benzene rings is 1. The van der Waals surface area contributed by atoms with Crippen LogP contribution in [0, 0.1) is 11.3 Å². The Labute approximate surface area is 138 Å². The molecule has 0 amide bonds. The lowest BCUT2D eigenvalue weighted by Gasteiger charge is -2.49. The van der Waals surface area contributed by atoms with Crippen LogP contribution in [-0.2, 0) is 16.0 Å². The molecule has 122 valence electrons. The van der Waals surface area contributed by atoms with Crippen LogP contribution in [0.15, 0.2) is 24.3 Å².